The van der Waals surface area contributed by atoms with Crippen molar-refractivity contribution in [2.45, 2.75) is 5.41 Å². The van der Waals surface area contributed by atoms with Crippen molar-refractivity contribution in [1.29, 1.82) is 0 Å². The van der Waals surface area contributed by atoms with Crippen molar-refractivity contribution in [2.24, 2.45) is 0 Å². The average Bonchev–Trinajstić information content (AvgIpc) is 3.48. The van der Waals surface area contributed by atoms with Gasteiger partial charge in [-0.15, -0.1) is 0 Å². The van der Waals surface area contributed by atoms with Gasteiger partial charge in [0.25, 0.3) is 0 Å². The van der Waals surface area contributed by atoms with E-state index in [1.54, 1.807) is 0 Å². The van der Waals surface area contributed by atoms with E-state index in [4.69, 9.17) is 0 Å². The number of rotatable bonds is 5. The molecule has 0 aliphatic heterocycles. The van der Waals surface area contributed by atoms with Gasteiger partial charge in [-0.25, -0.2) is 0 Å². The van der Waals surface area contributed by atoms with E-state index < -0.39 is 5.41 Å². The van der Waals surface area contributed by atoms with Crippen LogP contribution in [0.25, 0.3) is 33.0 Å². The molecule has 0 spiro atoms. The zero-order valence-electron chi connectivity index (χ0n) is 27.5. The Morgan fingerprint density at radius 1 is 0.420 bits per heavy atom. The first-order valence-corrected chi connectivity index (χ1v) is 17.1. The molecule has 234 valence electrons. The van der Waals surface area contributed by atoms with Crippen molar-refractivity contribution in [3.63, 3.8) is 0 Å². The first-order valence-electron chi connectivity index (χ1n) is 17.1. The van der Waals surface area contributed by atoms with Crippen molar-refractivity contribution in [1.82, 2.24) is 0 Å². The lowest BCUT2D eigenvalue weighted by molar-refractivity contribution is 0.837. The SMILES string of the molecule is C(#CC1(c2ccccc2)c2ccccc2-c2ccc(N(c3ccc(-c4ccccc4)cc3)c3cccc4ccccc34)cc21)c1ccccc1. The summed E-state index contributed by atoms with van der Waals surface area (Å²) >= 11 is 0. The fraction of sp³-hybridized carbons (Fsp3) is 0.0204. The highest BCUT2D eigenvalue weighted by Crippen LogP contribution is 2.54. The molecule has 8 aromatic carbocycles. The van der Waals surface area contributed by atoms with Crippen molar-refractivity contribution in [3.8, 4) is 34.1 Å². The van der Waals surface area contributed by atoms with Gasteiger partial charge in [0.2, 0.25) is 0 Å². The molecule has 0 bridgehead atoms. The minimum absolute atomic E-state index is 0.666. The molecule has 1 aliphatic carbocycles. The Kier molecular flexibility index (Phi) is 7.34. The topological polar surface area (TPSA) is 3.24 Å². The normalized spacial score (nSPS) is 14.3. The van der Waals surface area contributed by atoms with Crippen LogP contribution >= 0.6 is 0 Å². The molecule has 0 fully saturated rings. The number of fused-ring (bicyclic) bond motifs is 4. The van der Waals surface area contributed by atoms with Gasteiger partial charge in [0.05, 0.1) is 5.69 Å². The van der Waals surface area contributed by atoms with Gasteiger partial charge < -0.3 is 4.90 Å². The molecular weight excluding hydrogens is 603 g/mol. The first-order chi connectivity index (χ1) is 24.8. The number of hydrogen-bond acceptors (Lipinski definition) is 1. The first kappa shape index (κ1) is 29.5. The van der Waals surface area contributed by atoms with E-state index in [9.17, 15) is 0 Å². The highest BCUT2D eigenvalue weighted by Gasteiger charge is 2.44. The third kappa shape index (κ3) is 4.98. The second-order valence-electron chi connectivity index (χ2n) is 12.8. The number of nitrogens with zero attached hydrogens (tertiary/aromatic N) is 1. The zero-order chi connectivity index (χ0) is 33.3. The third-order valence-electron chi connectivity index (χ3n) is 9.90. The molecule has 1 unspecified atom stereocenters. The van der Waals surface area contributed by atoms with Gasteiger partial charge in [0.1, 0.15) is 5.41 Å². The van der Waals surface area contributed by atoms with E-state index in [-0.39, 0.29) is 0 Å². The summed E-state index contributed by atoms with van der Waals surface area (Å²) in [6, 6.07) is 71.6. The summed E-state index contributed by atoms with van der Waals surface area (Å²) in [6.07, 6.45) is 0. The molecule has 1 aliphatic rings. The summed E-state index contributed by atoms with van der Waals surface area (Å²) < 4.78 is 0. The van der Waals surface area contributed by atoms with Crippen molar-refractivity contribution in [3.05, 3.63) is 222 Å². The molecule has 0 N–H and O–H groups in total. The van der Waals surface area contributed by atoms with Gasteiger partial charge in [-0.2, -0.15) is 0 Å². The minimum Gasteiger partial charge on any atom is -0.310 e. The van der Waals surface area contributed by atoms with E-state index in [2.05, 4.69) is 211 Å². The van der Waals surface area contributed by atoms with E-state index in [0.29, 0.717) is 0 Å². The van der Waals surface area contributed by atoms with Crippen molar-refractivity contribution in [2.75, 3.05) is 4.90 Å². The van der Waals surface area contributed by atoms with Gasteiger partial charge >= 0.3 is 0 Å². The Bertz CT molecular complexity index is 2520. The predicted molar refractivity (Wildman–Crippen MR) is 209 cm³/mol. The summed E-state index contributed by atoms with van der Waals surface area (Å²) in [5.74, 6) is 7.47. The summed E-state index contributed by atoms with van der Waals surface area (Å²) in [7, 11) is 0. The van der Waals surface area contributed by atoms with Crippen LogP contribution in [0, 0.1) is 11.8 Å². The molecule has 0 saturated heterocycles. The molecule has 8 aromatic rings. The van der Waals surface area contributed by atoms with Crippen LogP contribution in [0.15, 0.2) is 200 Å². The Labute approximate surface area is 293 Å². The number of hydrogen-bond donors (Lipinski definition) is 0. The highest BCUT2D eigenvalue weighted by molar-refractivity contribution is 5.99. The van der Waals surface area contributed by atoms with Gasteiger partial charge in [0, 0.05) is 22.3 Å². The fourth-order valence-corrected chi connectivity index (χ4v) is 7.56. The summed E-state index contributed by atoms with van der Waals surface area (Å²) in [4.78, 5) is 2.40. The second kappa shape index (κ2) is 12.4. The van der Waals surface area contributed by atoms with Crippen LogP contribution in [0.5, 0.6) is 0 Å². The molecule has 1 atom stereocenters. The smallest absolute Gasteiger partial charge is 0.108 e. The molecular formula is C49H33N. The lowest BCUT2D eigenvalue weighted by Gasteiger charge is -2.30. The van der Waals surface area contributed by atoms with E-state index >= 15 is 0 Å². The standard InChI is InChI=1S/C49H33N/c1-4-15-36(16-5-1)33-34-49(40-21-8-3-9-22-40)46-25-13-12-24-44(46)45-32-31-42(35-47(45)49)50(48-26-14-20-39-19-10-11-23-43(39)48)41-29-27-38(28-30-41)37-17-6-2-7-18-37/h1-32,35H. The summed E-state index contributed by atoms with van der Waals surface area (Å²) in [6.45, 7) is 0. The molecule has 50 heavy (non-hydrogen) atoms. The minimum atomic E-state index is -0.666. The Morgan fingerprint density at radius 3 is 1.82 bits per heavy atom. The predicted octanol–water partition coefficient (Wildman–Crippen LogP) is 12.3. The van der Waals surface area contributed by atoms with Crippen molar-refractivity contribution >= 4 is 27.8 Å². The summed E-state index contributed by atoms with van der Waals surface area (Å²) in [5, 5.41) is 2.40. The maximum Gasteiger partial charge on any atom is 0.108 e. The van der Waals surface area contributed by atoms with E-state index in [0.717, 1.165) is 28.2 Å². The van der Waals surface area contributed by atoms with Crippen LogP contribution in [0.3, 0.4) is 0 Å². The Hall–Kier alpha value is -6.62. The average molecular weight is 636 g/mol. The van der Waals surface area contributed by atoms with Crippen LogP contribution in [-0.2, 0) is 5.41 Å². The van der Waals surface area contributed by atoms with Crippen LogP contribution < -0.4 is 4.90 Å². The Balaban J connectivity index is 1.30. The lowest BCUT2D eigenvalue weighted by Crippen LogP contribution is -2.25. The molecule has 1 heteroatoms. The molecule has 9 rings (SSSR count). The largest absolute Gasteiger partial charge is 0.310 e. The second-order valence-corrected chi connectivity index (χ2v) is 12.8. The van der Waals surface area contributed by atoms with Crippen LogP contribution in [0.1, 0.15) is 22.3 Å². The van der Waals surface area contributed by atoms with Gasteiger partial charge in [-0.05, 0) is 86.8 Å². The molecule has 0 saturated carbocycles. The molecule has 0 heterocycles. The summed E-state index contributed by atoms with van der Waals surface area (Å²) in [5.41, 5.74) is 12.1. The monoisotopic (exact) mass is 635 g/mol. The van der Waals surface area contributed by atoms with Crippen LogP contribution in [0.4, 0.5) is 17.1 Å². The fourth-order valence-electron chi connectivity index (χ4n) is 7.56. The maximum absolute atomic E-state index is 3.87. The molecule has 0 amide bonds. The van der Waals surface area contributed by atoms with E-state index in [1.807, 2.05) is 6.07 Å². The van der Waals surface area contributed by atoms with Gasteiger partial charge in [-0.1, -0.05) is 170 Å². The number of anilines is 3. The van der Waals surface area contributed by atoms with Gasteiger partial charge in [-0.3, -0.25) is 0 Å². The van der Waals surface area contributed by atoms with E-state index in [1.165, 1.54) is 44.2 Å². The van der Waals surface area contributed by atoms with Crippen molar-refractivity contribution < 1.29 is 0 Å². The maximum atomic E-state index is 3.87. The quantitative estimate of drug-likeness (QED) is 0.170. The zero-order valence-corrected chi connectivity index (χ0v) is 27.5. The molecule has 0 radical (unpaired) electrons. The third-order valence-corrected chi connectivity index (χ3v) is 9.90. The Morgan fingerprint density at radius 2 is 1.02 bits per heavy atom. The number of benzene rings is 8. The van der Waals surface area contributed by atoms with Crippen LogP contribution in [0.2, 0.25) is 0 Å². The lowest BCUT2D eigenvalue weighted by atomic mass is 9.72. The molecule has 0 aromatic heterocycles. The van der Waals surface area contributed by atoms with Gasteiger partial charge in [0.15, 0.2) is 0 Å². The van der Waals surface area contributed by atoms with Crippen LogP contribution in [-0.4, -0.2) is 0 Å². The molecule has 1 nitrogen and oxygen atoms in total. The highest BCUT2D eigenvalue weighted by atomic mass is 15.1.